The lowest BCUT2D eigenvalue weighted by Crippen LogP contribution is -2.16. The number of hydrogen-bond donors (Lipinski definition) is 3. The Balaban J connectivity index is 1.80. The van der Waals surface area contributed by atoms with Gasteiger partial charge in [-0.25, -0.2) is 0 Å². The van der Waals surface area contributed by atoms with E-state index in [2.05, 4.69) is 96.7 Å². The predicted molar refractivity (Wildman–Crippen MR) is 144 cm³/mol. The fourth-order valence-corrected chi connectivity index (χ4v) is 6.26. The number of hydrogen-bond acceptors (Lipinski definition) is 2. The summed E-state index contributed by atoms with van der Waals surface area (Å²) in [6.45, 7) is 22.9. The van der Waals surface area contributed by atoms with Gasteiger partial charge in [0, 0.05) is 63.1 Å². The Labute approximate surface area is 204 Å². The molecule has 34 heavy (non-hydrogen) atoms. The summed E-state index contributed by atoms with van der Waals surface area (Å²) in [4.78, 5) is 12.9. The number of fused-ring (bicyclic) bond motifs is 7. The number of aromatic amines is 2. The van der Waals surface area contributed by atoms with E-state index in [1.54, 1.807) is 0 Å². The predicted octanol–water partition coefficient (Wildman–Crippen LogP) is 7.59. The van der Waals surface area contributed by atoms with E-state index in [1.807, 2.05) is 0 Å². The van der Waals surface area contributed by atoms with E-state index in [4.69, 9.17) is 4.99 Å². The van der Waals surface area contributed by atoms with Gasteiger partial charge in [0.2, 0.25) is 0 Å². The molecule has 1 fully saturated rings. The maximum absolute atomic E-state index is 5.23. The van der Waals surface area contributed by atoms with Gasteiger partial charge in [-0.2, -0.15) is 0 Å². The summed E-state index contributed by atoms with van der Waals surface area (Å²) in [5, 5.41) is 3.76. The average molecular weight is 457 g/mol. The van der Waals surface area contributed by atoms with Crippen molar-refractivity contribution in [2.24, 2.45) is 15.8 Å². The quantitative estimate of drug-likeness (QED) is 0.376. The fraction of sp³-hybridized carbons (Fsp3) is 0.500. The lowest BCUT2D eigenvalue weighted by atomic mass is 9.83. The van der Waals surface area contributed by atoms with Crippen molar-refractivity contribution in [2.45, 2.75) is 88.0 Å². The molecule has 2 aromatic rings. The van der Waals surface area contributed by atoms with Crippen LogP contribution in [0.3, 0.4) is 0 Å². The first-order valence-electron chi connectivity index (χ1n) is 12.7. The van der Waals surface area contributed by atoms with Crippen LogP contribution < -0.4 is 5.32 Å². The molecule has 0 amide bonds. The maximum atomic E-state index is 5.23. The molecule has 5 rings (SSSR count). The average Bonchev–Trinajstić information content (AvgIpc) is 3.40. The number of allylic oxidation sites excluding steroid dienone is 5. The molecule has 1 atom stereocenters. The van der Waals surface area contributed by atoms with E-state index in [1.165, 1.54) is 73.4 Å². The number of nitrogens with zero attached hydrogens (tertiary/aromatic N) is 1. The minimum absolute atomic E-state index is 0.00471. The molecule has 1 saturated heterocycles. The van der Waals surface area contributed by atoms with Crippen molar-refractivity contribution in [3.63, 3.8) is 0 Å². The maximum Gasteiger partial charge on any atom is 0.0516 e. The van der Waals surface area contributed by atoms with Crippen molar-refractivity contribution in [3.05, 3.63) is 68.2 Å². The molecule has 0 aromatic carbocycles. The molecule has 8 bridgehead atoms. The summed E-state index contributed by atoms with van der Waals surface area (Å²) in [7, 11) is 0. The standard InChI is InChI=1S/C30H40N4/c1-15-16(2)25-19(5)26-17(3)18(4)27(34-26)20(6)28-30(9,10)14-22(32-28)12-24-29(7,8)13-21(31-24)11-23(15)33-25/h11-12,19,31,33-34H,13-14H2,1-10H3/b21-11-,24-12-,28-20-. The normalized spacial score (nSPS) is 28.2. The summed E-state index contributed by atoms with van der Waals surface area (Å²) < 4.78 is 0. The van der Waals surface area contributed by atoms with Gasteiger partial charge in [-0.3, -0.25) is 4.99 Å². The molecule has 3 N–H and O–H groups in total. The summed E-state index contributed by atoms with van der Waals surface area (Å²) >= 11 is 0. The summed E-state index contributed by atoms with van der Waals surface area (Å²) in [5.41, 5.74) is 16.7. The number of nitrogens with one attached hydrogen (secondary N) is 3. The summed E-state index contributed by atoms with van der Waals surface area (Å²) in [6, 6.07) is 0. The van der Waals surface area contributed by atoms with Gasteiger partial charge < -0.3 is 15.3 Å². The Bertz CT molecular complexity index is 1330. The lowest BCUT2D eigenvalue weighted by Gasteiger charge is -2.21. The van der Waals surface area contributed by atoms with Gasteiger partial charge in [-0.1, -0.05) is 34.6 Å². The molecule has 3 aliphatic rings. The highest BCUT2D eigenvalue weighted by Gasteiger charge is 2.37. The Kier molecular flexibility index (Phi) is 4.99. The van der Waals surface area contributed by atoms with Crippen molar-refractivity contribution in [2.75, 3.05) is 0 Å². The zero-order chi connectivity index (χ0) is 24.7. The molecule has 0 aliphatic carbocycles. The van der Waals surface area contributed by atoms with Gasteiger partial charge in [0.15, 0.2) is 0 Å². The highest BCUT2D eigenvalue weighted by atomic mass is 15.0. The minimum atomic E-state index is 0.00471. The van der Waals surface area contributed by atoms with Crippen LogP contribution in [0.1, 0.15) is 105 Å². The molecule has 4 heteroatoms. The van der Waals surface area contributed by atoms with Crippen molar-refractivity contribution in [1.29, 1.82) is 0 Å². The Morgan fingerprint density at radius 2 is 1.44 bits per heavy atom. The topological polar surface area (TPSA) is 56.0 Å². The van der Waals surface area contributed by atoms with Gasteiger partial charge in [-0.15, -0.1) is 0 Å². The van der Waals surface area contributed by atoms with Crippen LogP contribution in [0.4, 0.5) is 0 Å². The van der Waals surface area contributed by atoms with E-state index in [0.717, 1.165) is 12.8 Å². The second-order valence-electron chi connectivity index (χ2n) is 12.1. The third kappa shape index (κ3) is 3.37. The fourth-order valence-electron chi connectivity index (χ4n) is 6.26. The first-order chi connectivity index (χ1) is 15.8. The van der Waals surface area contributed by atoms with Crippen LogP contribution in [-0.2, 0) is 0 Å². The van der Waals surface area contributed by atoms with Gasteiger partial charge in [0.1, 0.15) is 0 Å². The van der Waals surface area contributed by atoms with Crippen molar-refractivity contribution < 1.29 is 0 Å². The molecule has 180 valence electrons. The molecule has 4 nitrogen and oxygen atoms in total. The highest BCUT2D eigenvalue weighted by molar-refractivity contribution is 6.00. The van der Waals surface area contributed by atoms with Crippen LogP contribution in [-0.4, -0.2) is 15.7 Å². The van der Waals surface area contributed by atoms with Crippen molar-refractivity contribution in [3.8, 4) is 0 Å². The van der Waals surface area contributed by atoms with E-state index in [-0.39, 0.29) is 16.7 Å². The van der Waals surface area contributed by atoms with E-state index in [9.17, 15) is 0 Å². The molecule has 5 heterocycles. The summed E-state index contributed by atoms with van der Waals surface area (Å²) in [6.07, 6.45) is 6.59. The SMILES string of the molecule is C/C1=C2N=C(/C=C3\N/C(=C\c4[nH]c(c(C)c4C)C(C)c4[nH]c1c(C)c4C)CC3(C)C)CC/2(C)C. The largest absolute Gasteiger partial charge is 0.362 e. The lowest BCUT2D eigenvalue weighted by molar-refractivity contribution is 0.476. The van der Waals surface area contributed by atoms with Crippen LogP contribution in [0, 0.1) is 38.5 Å². The number of aliphatic imine (C=N–C) groups is 1. The van der Waals surface area contributed by atoms with Crippen LogP contribution >= 0.6 is 0 Å². The van der Waals surface area contributed by atoms with Crippen LogP contribution in [0.2, 0.25) is 0 Å². The minimum Gasteiger partial charge on any atom is -0.362 e. The Morgan fingerprint density at radius 1 is 0.794 bits per heavy atom. The van der Waals surface area contributed by atoms with Gasteiger partial charge >= 0.3 is 0 Å². The van der Waals surface area contributed by atoms with Crippen LogP contribution in [0.5, 0.6) is 0 Å². The van der Waals surface area contributed by atoms with Crippen LogP contribution in [0.25, 0.3) is 11.6 Å². The second kappa shape index (κ2) is 7.37. The third-order valence-electron chi connectivity index (χ3n) is 8.64. The van der Waals surface area contributed by atoms with Gasteiger partial charge in [-0.05, 0) is 81.0 Å². The van der Waals surface area contributed by atoms with E-state index < -0.39 is 0 Å². The van der Waals surface area contributed by atoms with Crippen molar-refractivity contribution in [1.82, 2.24) is 15.3 Å². The number of H-pyrrole nitrogens is 2. The molecule has 0 radical (unpaired) electrons. The summed E-state index contributed by atoms with van der Waals surface area (Å²) in [5.74, 6) is 0.253. The van der Waals surface area contributed by atoms with E-state index in [0.29, 0.717) is 0 Å². The molecular weight excluding hydrogens is 416 g/mol. The molecule has 0 saturated carbocycles. The third-order valence-corrected chi connectivity index (χ3v) is 8.64. The zero-order valence-corrected chi connectivity index (χ0v) is 22.6. The first kappa shape index (κ1) is 23.0. The molecule has 3 aliphatic heterocycles. The zero-order valence-electron chi connectivity index (χ0n) is 22.6. The van der Waals surface area contributed by atoms with E-state index >= 15 is 0 Å². The Hall–Kier alpha value is -2.75. The highest BCUT2D eigenvalue weighted by Crippen LogP contribution is 2.45. The van der Waals surface area contributed by atoms with Crippen LogP contribution in [0.15, 0.2) is 28.2 Å². The monoisotopic (exact) mass is 456 g/mol. The number of rotatable bonds is 0. The first-order valence-corrected chi connectivity index (χ1v) is 12.7. The smallest absolute Gasteiger partial charge is 0.0516 e. The molecular formula is C30H40N4. The van der Waals surface area contributed by atoms with Crippen molar-refractivity contribution >= 4 is 17.4 Å². The second-order valence-corrected chi connectivity index (χ2v) is 12.1. The molecule has 2 aromatic heterocycles. The van der Waals surface area contributed by atoms with Gasteiger partial charge in [0.25, 0.3) is 0 Å². The number of aromatic nitrogens is 2. The van der Waals surface area contributed by atoms with Gasteiger partial charge in [0.05, 0.1) is 5.70 Å². The molecule has 0 spiro atoms. The molecule has 1 unspecified atom stereocenters. The Morgan fingerprint density at radius 3 is 2.15 bits per heavy atom.